The van der Waals surface area contributed by atoms with Gasteiger partial charge in [0.15, 0.2) is 0 Å². The van der Waals surface area contributed by atoms with Crippen LogP contribution in [0.4, 0.5) is 0 Å². The van der Waals surface area contributed by atoms with Gasteiger partial charge in [-0.25, -0.2) is 0 Å². The van der Waals surface area contributed by atoms with Crippen molar-refractivity contribution >= 4 is 45.3 Å². The number of hydrogen-bond donors (Lipinski definition) is 0. The summed E-state index contributed by atoms with van der Waals surface area (Å²) in [5.74, 6) is 1.58. The second-order valence-electron chi connectivity index (χ2n) is 11.0. The van der Waals surface area contributed by atoms with Crippen molar-refractivity contribution in [2.75, 3.05) is 0 Å². The number of unbranched alkanes of at least 4 members (excludes halogenated alkanes) is 2. The van der Waals surface area contributed by atoms with Gasteiger partial charge in [-0.3, -0.25) is 0 Å². The van der Waals surface area contributed by atoms with Crippen LogP contribution >= 0.6 is 45.3 Å². The Bertz CT molecular complexity index is 1140. The standard InChI is InChI=1S/C33H42S4/c1-5-9-13-23(7-3)21-33(22-24(8-4)14-10-6-2)25-19-29(27-15-11-17-34-27)36-31(25)32-26(33)20-30(37-32)28-16-12-18-35-28/h11-12,15-20,23-24H,5-10,13-14,21-22H2,1-4H3. The lowest BCUT2D eigenvalue weighted by Crippen LogP contribution is -2.31. The third-order valence-corrected chi connectivity index (χ3v) is 13.2. The van der Waals surface area contributed by atoms with Gasteiger partial charge in [0.1, 0.15) is 0 Å². The van der Waals surface area contributed by atoms with Crippen LogP contribution in [0.25, 0.3) is 29.3 Å². The van der Waals surface area contributed by atoms with Gasteiger partial charge in [-0.2, -0.15) is 0 Å². The molecule has 1 aliphatic carbocycles. The lowest BCUT2D eigenvalue weighted by molar-refractivity contribution is 0.266. The predicted octanol–water partition coefficient (Wildman–Crippen LogP) is 12.7. The van der Waals surface area contributed by atoms with Crippen LogP contribution in [0.2, 0.25) is 0 Å². The Morgan fingerprint density at radius 3 is 1.46 bits per heavy atom. The van der Waals surface area contributed by atoms with Crippen LogP contribution in [0, 0.1) is 11.8 Å². The molecule has 0 aliphatic heterocycles. The van der Waals surface area contributed by atoms with E-state index in [2.05, 4.69) is 97.5 Å². The summed E-state index contributed by atoms with van der Waals surface area (Å²) >= 11 is 7.91. The molecule has 5 rings (SSSR count). The van der Waals surface area contributed by atoms with Gasteiger partial charge < -0.3 is 0 Å². The van der Waals surface area contributed by atoms with Crippen LogP contribution in [-0.2, 0) is 5.41 Å². The Hall–Kier alpha value is -1.20. The molecule has 0 N–H and O–H groups in total. The minimum Gasteiger partial charge on any atom is -0.143 e. The van der Waals surface area contributed by atoms with Crippen molar-refractivity contribution in [3.63, 3.8) is 0 Å². The van der Waals surface area contributed by atoms with Gasteiger partial charge in [-0.05, 0) is 70.8 Å². The highest BCUT2D eigenvalue weighted by Crippen LogP contribution is 2.63. The van der Waals surface area contributed by atoms with Crippen LogP contribution in [-0.4, -0.2) is 0 Å². The lowest BCUT2D eigenvalue weighted by Gasteiger charge is -2.37. The summed E-state index contributed by atoms with van der Waals surface area (Å²) in [5, 5.41) is 4.46. The molecule has 0 bridgehead atoms. The number of rotatable bonds is 14. The first-order chi connectivity index (χ1) is 18.1. The van der Waals surface area contributed by atoms with Crippen LogP contribution < -0.4 is 0 Å². The molecule has 198 valence electrons. The molecular weight excluding hydrogens is 525 g/mol. The van der Waals surface area contributed by atoms with Crippen molar-refractivity contribution in [1.29, 1.82) is 0 Å². The van der Waals surface area contributed by atoms with Gasteiger partial charge >= 0.3 is 0 Å². The third kappa shape index (κ3) is 5.46. The topological polar surface area (TPSA) is 0 Å². The molecule has 0 aromatic carbocycles. The average molecular weight is 567 g/mol. The molecule has 4 heteroatoms. The fraction of sp³-hybridized carbons (Fsp3) is 0.515. The Balaban J connectivity index is 1.67. The molecule has 0 nitrogen and oxygen atoms in total. The normalized spacial score (nSPS) is 15.6. The molecule has 0 saturated heterocycles. The monoisotopic (exact) mass is 566 g/mol. The summed E-state index contributed by atoms with van der Waals surface area (Å²) in [5.41, 5.74) is 3.50. The summed E-state index contributed by atoms with van der Waals surface area (Å²) in [6, 6.07) is 14.3. The Labute approximate surface area is 240 Å². The predicted molar refractivity (Wildman–Crippen MR) is 171 cm³/mol. The van der Waals surface area contributed by atoms with E-state index in [4.69, 9.17) is 0 Å². The number of fused-ring (bicyclic) bond motifs is 3. The first-order valence-corrected chi connectivity index (χ1v) is 17.9. The minimum atomic E-state index is 0.158. The van der Waals surface area contributed by atoms with Gasteiger partial charge in [-0.1, -0.05) is 91.2 Å². The highest BCUT2D eigenvalue weighted by Gasteiger charge is 2.48. The summed E-state index contributed by atoms with van der Waals surface area (Å²) in [6.45, 7) is 9.58. The van der Waals surface area contributed by atoms with Crippen molar-refractivity contribution in [1.82, 2.24) is 0 Å². The van der Waals surface area contributed by atoms with Crippen molar-refractivity contribution in [3.05, 3.63) is 58.3 Å². The molecule has 37 heavy (non-hydrogen) atoms. The van der Waals surface area contributed by atoms with Crippen molar-refractivity contribution < 1.29 is 0 Å². The van der Waals surface area contributed by atoms with E-state index in [1.165, 1.54) is 83.7 Å². The van der Waals surface area contributed by atoms with E-state index in [1.807, 2.05) is 22.7 Å². The molecule has 1 aliphatic rings. The first kappa shape index (κ1) is 27.4. The zero-order chi connectivity index (χ0) is 25.8. The van der Waals surface area contributed by atoms with E-state index in [9.17, 15) is 0 Å². The molecule has 0 spiro atoms. The lowest BCUT2D eigenvalue weighted by atomic mass is 9.65. The molecule has 2 unspecified atom stereocenters. The Morgan fingerprint density at radius 1 is 0.649 bits per heavy atom. The average Bonchev–Trinajstić information content (AvgIpc) is 3.73. The largest absolute Gasteiger partial charge is 0.143 e. The van der Waals surface area contributed by atoms with E-state index < -0.39 is 0 Å². The van der Waals surface area contributed by atoms with Gasteiger partial charge in [0, 0.05) is 34.7 Å². The molecule has 4 heterocycles. The maximum atomic E-state index is 2.63. The van der Waals surface area contributed by atoms with Crippen LogP contribution in [0.15, 0.2) is 47.2 Å². The van der Waals surface area contributed by atoms with E-state index in [0.717, 1.165) is 11.8 Å². The summed E-state index contributed by atoms with van der Waals surface area (Å²) in [6.07, 6.45) is 13.3. The number of hydrogen-bond acceptors (Lipinski definition) is 4. The smallest absolute Gasteiger partial charge is 0.0493 e. The summed E-state index contributed by atoms with van der Waals surface area (Å²) < 4.78 is 0. The van der Waals surface area contributed by atoms with Crippen molar-refractivity contribution in [2.24, 2.45) is 11.8 Å². The molecular formula is C33H42S4. The fourth-order valence-corrected chi connectivity index (χ4v) is 10.8. The van der Waals surface area contributed by atoms with Crippen LogP contribution in [0.5, 0.6) is 0 Å². The Kier molecular flexibility index (Phi) is 9.12. The summed E-state index contributed by atoms with van der Waals surface area (Å²) in [7, 11) is 0. The number of thiophene rings is 4. The van der Waals surface area contributed by atoms with Crippen molar-refractivity contribution in [3.8, 4) is 29.3 Å². The Morgan fingerprint density at radius 2 is 1.11 bits per heavy atom. The van der Waals surface area contributed by atoms with Gasteiger partial charge in [0.2, 0.25) is 0 Å². The molecule has 0 radical (unpaired) electrons. The summed E-state index contributed by atoms with van der Waals surface area (Å²) in [4.78, 5) is 8.99. The SMILES string of the molecule is CCCCC(CC)CC1(CC(CC)CCCC)c2cc(-c3cccs3)sc2-c2sc(-c3cccs3)cc21. The fourth-order valence-electron chi connectivity index (χ4n) is 6.45. The zero-order valence-electron chi connectivity index (χ0n) is 23.0. The molecule has 0 amide bonds. The maximum absolute atomic E-state index is 2.63. The minimum absolute atomic E-state index is 0.158. The second-order valence-corrected chi connectivity index (χ2v) is 15.0. The first-order valence-electron chi connectivity index (χ1n) is 14.5. The van der Waals surface area contributed by atoms with E-state index >= 15 is 0 Å². The highest BCUT2D eigenvalue weighted by molar-refractivity contribution is 7.28. The quantitative estimate of drug-likeness (QED) is 0.142. The highest BCUT2D eigenvalue weighted by atomic mass is 32.1. The van der Waals surface area contributed by atoms with Gasteiger partial charge in [0.25, 0.3) is 0 Å². The van der Waals surface area contributed by atoms with E-state index in [1.54, 1.807) is 20.9 Å². The van der Waals surface area contributed by atoms with Crippen LogP contribution in [0.1, 0.15) is 103 Å². The maximum Gasteiger partial charge on any atom is 0.0493 e. The third-order valence-electron chi connectivity index (χ3n) is 8.59. The molecule has 4 aromatic heterocycles. The van der Waals surface area contributed by atoms with Crippen LogP contribution in [0.3, 0.4) is 0 Å². The van der Waals surface area contributed by atoms with E-state index in [0.29, 0.717) is 0 Å². The molecule has 2 atom stereocenters. The molecule has 0 saturated carbocycles. The second kappa shape index (κ2) is 12.3. The molecule has 0 fully saturated rings. The van der Waals surface area contributed by atoms with Gasteiger partial charge in [0.05, 0.1) is 0 Å². The van der Waals surface area contributed by atoms with Crippen molar-refractivity contribution in [2.45, 2.75) is 97.3 Å². The molecule has 4 aromatic rings. The zero-order valence-corrected chi connectivity index (χ0v) is 26.2. The van der Waals surface area contributed by atoms with E-state index in [-0.39, 0.29) is 5.41 Å². The van der Waals surface area contributed by atoms with Gasteiger partial charge in [-0.15, -0.1) is 45.3 Å².